The number of guanidine groups is 1. The molecule has 1 heterocycles. The van der Waals surface area contributed by atoms with E-state index in [2.05, 4.69) is 15.6 Å². The van der Waals surface area contributed by atoms with Gasteiger partial charge in [-0.25, -0.2) is 13.4 Å². The Hall–Kier alpha value is -1.60. The minimum atomic E-state index is -2.87. The molecule has 134 valence electrons. The maximum Gasteiger partial charge on any atom is 0.191 e. The number of hydrogen-bond acceptors (Lipinski definition) is 4. The van der Waals surface area contributed by atoms with Crippen molar-refractivity contribution in [2.45, 2.75) is 25.9 Å². The van der Waals surface area contributed by atoms with Gasteiger partial charge < -0.3 is 15.7 Å². The number of benzene rings is 1. The summed E-state index contributed by atoms with van der Waals surface area (Å²) < 4.78 is 23.0. The fourth-order valence-corrected chi connectivity index (χ4v) is 4.60. The van der Waals surface area contributed by atoms with Crippen LogP contribution in [0, 0.1) is 5.92 Å². The van der Waals surface area contributed by atoms with Gasteiger partial charge in [0.05, 0.1) is 18.1 Å². The molecule has 24 heavy (non-hydrogen) atoms. The van der Waals surface area contributed by atoms with E-state index in [-0.39, 0.29) is 24.0 Å². The third-order valence-corrected chi connectivity index (χ3v) is 6.01. The highest BCUT2D eigenvalue weighted by Crippen LogP contribution is 2.20. The SMILES string of the molecule is CCNC(=NCC(C)(O)c1ccccc1)NCC1CCS(=O)(=O)C1. The number of nitrogens with one attached hydrogen (secondary N) is 2. The van der Waals surface area contributed by atoms with Crippen molar-refractivity contribution in [1.29, 1.82) is 0 Å². The molecule has 1 aromatic carbocycles. The molecule has 0 amide bonds. The fraction of sp³-hybridized carbons (Fsp3) is 0.588. The van der Waals surface area contributed by atoms with Gasteiger partial charge in [-0.15, -0.1) is 0 Å². The van der Waals surface area contributed by atoms with Crippen LogP contribution in [-0.4, -0.2) is 50.6 Å². The summed E-state index contributed by atoms with van der Waals surface area (Å²) in [6, 6.07) is 9.43. The normalized spacial score (nSPS) is 22.8. The van der Waals surface area contributed by atoms with E-state index in [1.165, 1.54) is 0 Å². The summed E-state index contributed by atoms with van der Waals surface area (Å²) >= 11 is 0. The van der Waals surface area contributed by atoms with Crippen LogP contribution in [0.3, 0.4) is 0 Å². The molecule has 1 aliphatic heterocycles. The van der Waals surface area contributed by atoms with Crippen LogP contribution < -0.4 is 10.6 Å². The molecule has 0 aliphatic carbocycles. The zero-order chi connectivity index (χ0) is 17.6. The van der Waals surface area contributed by atoms with E-state index < -0.39 is 15.4 Å². The molecule has 6 nitrogen and oxygen atoms in total. The van der Waals surface area contributed by atoms with Crippen molar-refractivity contribution in [2.75, 3.05) is 31.1 Å². The van der Waals surface area contributed by atoms with Crippen LogP contribution in [0.15, 0.2) is 35.3 Å². The molecule has 7 heteroatoms. The smallest absolute Gasteiger partial charge is 0.191 e. The molecule has 0 radical (unpaired) electrons. The lowest BCUT2D eigenvalue weighted by Crippen LogP contribution is -2.41. The van der Waals surface area contributed by atoms with Crippen LogP contribution in [0.1, 0.15) is 25.8 Å². The van der Waals surface area contributed by atoms with Gasteiger partial charge in [0.25, 0.3) is 0 Å². The van der Waals surface area contributed by atoms with E-state index in [1.807, 2.05) is 37.3 Å². The van der Waals surface area contributed by atoms with E-state index in [0.29, 0.717) is 25.5 Å². The van der Waals surface area contributed by atoms with Gasteiger partial charge in [0.1, 0.15) is 5.60 Å². The van der Waals surface area contributed by atoms with Crippen molar-refractivity contribution in [3.63, 3.8) is 0 Å². The largest absolute Gasteiger partial charge is 0.384 e. The summed E-state index contributed by atoms with van der Waals surface area (Å²) in [5, 5.41) is 16.9. The number of aliphatic hydroxyl groups is 1. The Morgan fingerprint density at radius 2 is 2.04 bits per heavy atom. The highest BCUT2D eigenvalue weighted by molar-refractivity contribution is 7.91. The molecular weight excluding hydrogens is 326 g/mol. The quantitative estimate of drug-likeness (QED) is 0.522. The lowest BCUT2D eigenvalue weighted by atomic mass is 9.96. The summed E-state index contributed by atoms with van der Waals surface area (Å²) in [5.74, 6) is 1.23. The Morgan fingerprint density at radius 3 is 2.62 bits per heavy atom. The average Bonchev–Trinajstić information content (AvgIpc) is 2.90. The first-order valence-electron chi connectivity index (χ1n) is 8.33. The first-order chi connectivity index (χ1) is 11.3. The summed E-state index contributed by atoms with van der Waals surface area (Å²) in [6.07, 6.45) is 0.691. The Bertz CT molecular complexity index is 657. The Balaban J connectivity index is 1.95. The standard InChI is InChI=1S/C17H27N3O3S/c1-3-18-16(19-11-14-9-10-24(22,23)12-14)20-13-17(2,21)15-7-5-4-6-8-15/h4-8,14,21H,3,9-13H2,1-2H3,(H2,18,19,20). The zero-order valence-electron chi connectivity index (χ0n) is 14.3. The summed E-state index contributed by atoms with van der Waals surface area (Å²) in [5.41, 5.74) is -0.244. The second kappa shape index (κ2) is 7.98. The number of aliphatic imine (C=N–C) groups is 1. The average molecular weight is 353 g/mol. The second-order valence-corrected chi connectivity index (χ2v) is 8.71. The highest BCUT2D eigenvalue weighted by Gasteiger charge is 2.28. The van der Waals surface area contributed by atoms with Crippen molar-refractivity contribution in [2.24, 2.45) is 10.9 Å². The molecule has 3 N–H and O–H groups in total. The summed E-state index contributed by atoms with van der Waals surface area (Å²) in [7, 11) is -2.87. The third kappa shape index (κ3) is 5.49. The monoisotopic (exact) mass is 353 g/mol. The van der Waals surface area contributed by atoms with Crippen LogP contribution in [-0.2, 0) is 15.4 Å². The lowest BCUT2D eigenvalue weighted by molar-refractivity contribution is 0.0672. The van der Waals surface area contributed by atoms with Crippen LogP contribution in [0.2, 0.25) is 0 Å². The minimum absolute atomic E-state index is 0.119. The number of hydrogen-bond donors (Lipinski definition) is 3. The van der Waals surface area contributed by atoms with Crippen molar-refractivity contribution < 1.29 is 13.5 Å². The maximum atomic E-state index is 11.5. The van der Waals surface area contributed by atoms with Crippen LogP contribution in [0.4, 0.5) is 0 Å². The number of nitrogens with zero attached hydrogens (tertiary/aromatic N) is 1. The van der Waals surface area contributed by atoms with Gasteiger partial charge in [-0.3, -0.25) is 0 Å². The molecule has 1 aromatic rings. The van der Waals surface area contributed by atoms with E-state index >= 15 is 0 Å². The molecular formula is C17H27N3O3S. The molecule has 0 bridgehead atoms. The van der Waals surface area contributed by atoms with Crippen molar-refractivity contribution >= 4 is 15.8 Å². The summed E-state index contributed by atoms with van der Waals surface area (Å²) in [6.45, 7) is 5.18. The van der Waals surface area contributed by atoms with Gasteiger partial charge >= 0.3 is 0 Å². The first kappa shape index (κ1) is 18.7. The number of rotatable bonds is 6. The molecule has 2 unspecified atom stereocenters. The van der Waals surface area contributed by atoms with E-state index in [9.17, 15) is 13.5 Å². The topological polar surface area (TPSA) is 90.8 Å². The third-order valence-electron chi connectivity index (χ3n) is 4.17. The molecule has 2 rings (SSSR count). The number of sulfone groups is 1. The predicted molar refractivity (Wildman–Crippen MR) is 96.8 cm³/mol. The zero-order valence-corrected chi connectivity index (χ0v) is 15.1. The van der Waals surface area contributed by atoms with Gasteiger partial charge in [0.15, 0.2) is 15.8 Å². The second-order valence-electron chi connectivity index (χ2n) is 6.49. The van der Waals surface area contributed by atoms with Crippen LogP contribution in [0.5, 0.6) is 0 Å². The minimum Gasteiger partial charge on any atom is -0.384 e. The lowest BCUT2D eigenvalue weighted by Gasteiger charge is -2.23. The molecule has 0 saturated carbocycles. The van der Waals surface area contributed by atoms with Gasteiger partial charge in [-0.2, -0.15) is 0 Å². The fourth-order valence-electron chi connectivity index (χ4n) is 2.74. The first-order valence-corrected chi connectivity index (χ1v) is 10.1. The Morgan fingerprint density at radius 1 is 1.33 bits per heavy atom. The molecule has 0 spiro atoms. The van der Waals surface area contributed by atoms with E-state index in [0.717, 1.165) is 5.56 Å². The van der Waals surface area contributed by atoms with Crippen molar-refractivity contribution in [3.05, 3.63) is 35.9 Å². The van der Waals surface area contributed by atoms with Crippen molar-refractivity contribution in [3.8, 4) is 0 Å². The van der Waals surface area contributed by atoms with E-state index in [1.54, 1.807) is 6.92 Å². The van der Waals surface area contributed by atoms with Gasteiger partial charge in [0, 0.05) is 13.1 Å². The Kier molecular flexibility index (Phi) is 6.23. The molecule has 1 fully saturated rings. The van der Waals surface area contributed by atoms with Gasteiger partial charge in [0.2, 0.25) is 0 Å². The van der Waals surface area contributed by atoms with Gasteiger partial charge in [-0.05, 0) is 31.7 Å². The van der Waals surface area contributed by atoms with Crippen LogP contribution >= 0.6 is 0 Å². The predicted octanol–water partition coefficient (Wildman–Crippen LogP) is 0.884. The molecule has 0 aromatic heterocycles. The molecule has 1 aliphatic rings. The van der Waals surface area contributed by atoms with Crippen LogP contribution in [0.25, 0.3) is 0 Å². The Labute approximate surface area is 144 Å². The molecule has 1 saturated heterocycles. The summed E-state index contributed by atoms with van der Waals surface area (Å²) in [4.78, 5) is 4.45. The van der Waals surface area contributed by atoms with Gasteiger partial charge in [-0.1, -0.05) is 30.3 Å². The van der Waals surface area contributed by atoms with Crippen molar-refractivity contribution in [1.82, 2.24) is 10.6 Å². The maximum absolute atomic E-state index is 11.5. The molecule has 2 atom stereocenters. The van der Waals surface area contributed by atoms with E-state index in [4.69, 9.17) is 0 Å². The highest BCUT2D eigenvalue weighted by atomic mass is 32.2.